The van der Waals surface area contributed by atoms with Crippen molar-refractivity contribution in [2.24, 2.45) is 0 Å². The minimum absolute atomic E-state index is 0.843. The van der Waals surface area contributed by atoms with E-state index in [2.05, 4.69) is 257 Å². The van der Waals surface area contributed by atoms with Crippen LogP contribution in [0.5, 0.6) is 0 Å². The quantitative estimate of drug-likeness (QED) is 0.158. The van der Waals surface area contributed by atoms with Crippen LogP contribution in [-0.2, 0) is 0 Å². The van der Waals surface area contributed by atoms with Crippen molar-refractivity contribution >= 4 is 77.9 Å². The van der Waals surface area contributed by atoms with Gasteiger partial charge in [0.05, 0.1) is 5.52 Å². The van der Waals surface area contributed by atoms with Crippen LogP contribution in [0.3, 0.4) is 0 Å². The lowest BCUT2D eigenvalue weighted by Gasteiger charge is -2.27. The van der Waals surface area contributed by atoms with Crippen LogP contribution in [0.1, 0.15) is 0 Å². The molecule has 0 bridgehead atoms. The molecule has 1 N–H and O–H groups in total. The minimum atomic E-state index is 0.843. The van der Waals surface area contributed by atoms with Gasteiger partial charge in [-0.2, -0.15) is 0 Å². The predicted molar refractivity (Wildman–Crippen MR) is 269 cm³/mol. The molecule has 0 amide bonds. The van der Waals surface area contributed by atoms with Crippen LogP contribution in [0.25, 0.3) is 77.1 Å². The highest BCUT2D eigenvalue weighted by Gasteiger charge is 2.21. The van der Waals surface area contributed by atoms with E-state index in [0.717, 1.165) is 83.6 Å². The van der Waals surface area contributed by atoms with Gasteiger partial charge in [-0.25, -0.2) is 0 Å². The summed E-state index contributed by atoms with van der Waals surface area (Å²) in [4.78, 5) is 8.46. The molecule has 0 radical (unpaired) electrons. The summed E-state index contributed by atoms with van der Waals surface area (Å²) in [6.07, 6.45) is 0. The first-order valence-corrected chi connectivity index (χ1v) is 21.7. The highest BCUT2D eigenvalue weighted by Crippen LogP contribution is 2.45. The first-order valence-electron chi connectivity index (χ1n) is 21.7. The summed E-state index contributed by atoms with van der Waals surface area (Å²) in [6.45, 7) is 0. The summed E-state index contributed by atoms with van der Waals surface area (Å²) in [5.41, 5.74) is 17.2. The fourth-order valence-electron chi connectivity index (χ4n) is 9.28. The molecule has 2 aromatic heterocycles. The number of aromatic amines is 1. The van der Waals surface area contributed by atoms with Gasteiger partial charge in [0.15, 0.2) is 0 Å². The number of rotatable bonds is 9. The Balaban J connectivity index is 1.01. The highest BCUT2D eigenvalue weighted by molar-refractivity contribution is 6.15. The lowest BCUT2D eigenvalue weighted by atomic mass is 9.98. The van der Waals surface area contributed by atoms with Crippen molar-refractivity contribution in [3.05, 3.63) is 243 Å². The van der Waals surface area contributed by atoms with Crippen LogP contribution in [0, 0.1) is 0 Å². The summed E-state index contributed by atoms with van der Waals surface area (Å²) in [5.74, 6) is 0. The molecule has 10 aromatic carbocycles. The van der Waals surface area contributed by atoms with Crippen molar-refractivity contribution in [2.75, 3.05) is 9.80 Å². The Bertz CT molecular complexity index is 3460. The molecule has 0 aliphatic heterocycles. The van der Waals surface area contributed by atoms with E-state index < -0.39 is 0 Å². The van der Waals surface area contributed by atoms with Crippen LogP contribution >= 0.6 is 0 Å². The molecule has 2 heterocycles. The number of H-pyrrole nitrogens is 1. The van der Waals surface area contributed by atoms with E-state index in [9.17, 15) is 0 Å². The average Bonchev–Trinajstić information content (AvgIpc) is 3.93. The smallest absolute Gasteiger partial charge is 0.137 e. The summed E-state index contributed by atoms with van der Waals surface area (Å²) < 4.78 is 6.81. The molecule has 302 valence electrons. The second kappa shape index (κ2) is 15.7. The highest BCUT2D eigenvalue weighted by atomic mass is 16.3. The van der Waals surface area contributed by atoms with E-state index in [-0.39, 0.29) is 0 Å². The Morgan fingerprint density at radius 3 is 1.31 bits per heavy atom. The minimum Gasteiger partial charge on any atom is -0.456 e. The molecule has 0 unspecified atom stereocenters. The van der Waals surface area contributed by atoms with Gasteiger partial charge in [0.25, 0.3) is 0 Å². The van der Waals surface area contributed by atoms with Crippen molar-refractivity contribution in [2.45, 2.75) is 0 Å². The largest absolute Gasteiger partial charge is 0.456 e. The van der Waals surface area contributed by atoms with Crippen LogP contribution in [-0.4, -0.2) is 4.98 Å². The maximum absolute atomic E-state index is 6.81. The Morgan fingerprint density at radius 2 is 0.719 bits per heavy atom. The summed E-state index contributed by atoms with van der Waals surface area (Å²) in [5, 5.41) is 4.50. The first-order chi connectivity index (χ1) is 31.7. The first kappa shape index (κ1) is 37.2. The van der Waals surface area contributed by atoms with Gasteiger partial charge in [-0.15, -0.1) is 0 Å². The number of benzene rings is 10. The van der Waals surface area contributed by atoms with Gasteiger partial charge in [-0.1, -0.05) is 146 Å². The van der Waals surface area contributed by atoms with E-state index >= 15 is 0 Å². The zero-order chi connectivity index (χ0) is 42.4. The molecule has 12 rings (SSSR count). The standard InChI is InChI=1S/C60H41N3O/c1-5-15-41(16-6-1)43-25-30-48(31-26-43)63(49-32-27-44(28-33-49)42-17-7-2-8-18-42)51-38-55(60-56(39-51)52-23-13-14-24-57(52)61-60)45-29-35-53-54-36-34-50(40-59(54)64-58(53)37-45)62(46-19-9-3-10-20-46)47-21-11-4-12-22-47/h1-40,61H. The van der Waals surface area contributed by atoms with Crippen LogP contribution < -0.4 is 9.80 Å². The van der Waals surface area contributed by atoms with Gasteiger partial charge < -0.3 is 19.2 Å². The fourth-order valence-corrected chi connectivity index (χ4v) is 9.28. The lowest BCUT2D eigenvalue weighted by Crippen LogP contribution is -2.10. The number of furan rings is 1. The second-order valence-corrected chi connectivity index (χ2v) is 16.2. The molecule has 0 saturated carbocycles. The molecule has 0 spiro atoms. The zero-order valence-corrected chi connectivity index (χ0v) is 34.9. The Hall–Kier alpha value is -8.60. The average molecular weight is 820 g/mol. The Labute approximate surface area is 371 Å². The van der Waals surface area contributed by atoms with Crippen molar-refractivity contribution in [1.82, 2.24) is 4.98 Å². The lowest BCUT2D eigenvalue weighted by molar-refractivity contribution is 0.669. The van der Waals surface area contributed by atoms with Gasteiger partial charge >= 0.3 is 0 Å². The Kier molecular flexibility index (Phi) is 9.12. The topological polar surface area (TPSA) is 35.4 Å². The monoisotopic (exact) mass is 819 g/mol. The molecule has 0 fully saturated rings. The number of aromatic nitrogens is 1. The molecule has 0 aliphatic carbocycles. The molecule has 64 heavy (non-hydrogen) atoms. The third-order valence-corrected chi connectivity index (χ3v) is 12.4. The fraction of sp³-hybridized carbons (Fsp3) is 0. The van der Waals surface area contributed by atoms with Gasteiger partial charge in [0, 0.05) is 72.8 Å². The number of hydrogen-bond acceptors (Lipinski definition) is 3. The third-order valence-electron chi connectivity index (χ3n) is 12.4. The number of para-hydroxylation sites is 3. The molecular formula is C60H41N3O. The number of nitrogens with zero attached hydrogens (tertiary/aromatic N) is 2. The maximum Gasteiger partial charge on any atom is 0.137 e. The van der Waals surface area contributed by atoms with E-state index in [1.807, 2.05) is 0 Å². The third kappa shape index (κ3) is 6.66. The number of anilines is 6. The molecule has 0 atom stereocenters. The molecule has 0 aliphatic rings. The molecule has 12 aromatic rings. The summed E-state index contributed by atoms with van der Waals surface area (Å²) in [6, 6.07) is 86.4. The summed E-state index contributed by atoms with van der Waals surface area (Å²) in [7, 11) is 0. The Morgan fingerprint density at radius 1 is 0.281 bits per heavy atom. The van der Waals surface area contributed by atoms with Gasteiger partial charge in [-0.05, 0) is 119 Å². The molecule has 0 saturated heterocycles. The number of hydrogen-bond donors (Lipinski definition) is 1. The summed E-state index contributed by atoms with van der Waals surface area (Å²) >= 11 is 0. The van der Waals surface area contributed by atoms with Crippen molar-refractivity contribution < 1.29 is 4.42 Å². The maximum atomic E-state index is 6.81. The van der Waals surface area contributed by atoms with Crippen LogP contribution in [0.15, 0.2) is 247 Å². The SMILES string of the molecule is c1ccc(-c2ccc(N(c3ccc(-c4ccccc4)cc3)c3cc(-c4ccc5c(c4)oc4cc(N(c6ccccc6)c6ccccc6)ccc45)c4[nH]c5ccccc5c4c3)cc2)cc1. The van der Waals surface area contributed by atoms with E-state index in [0.29, 0.717) is 0 Å². The van der Waals surface area contributed by atoms with Gasteiger partial charge in [0.1, 0.15) is 11.2 Å². The number of nitrogens with one attached hydrogen (secondary N) is 1. The van der Waals surface area contributed by atoms with Crippen molar-refractivity contribution in [3.8, 4) is 33.4 Å². The van der Waals surface area contributed by atoms with Crippen LogP contribution in [0.4, 0.5) is 34.1 Å². The van der Waals surface area contributed by atoms with Crippen molar-refractivity contribution in [1.29, 1.82) is 0 Å². The second-order valence-electron chi connectivity index (χ2n) is 16.2. The van der Waals surface area contributed by atoms with Crippen molar-refractivity contribution in [3.63, 3.8) is 0 Å². The molecular weight excluding hydrogens is 779 g/mol. The van der Waals surface area contributed by atoms with Gasteiger partial charge in [0.2, 0.25) is 0 Å². The van der Waals surface area contributed by atoms with Crippen LogP contribution in [0.2, 0.25) is 0 Å². The number of fused-ring (bicyclic) bond motifs is 6. The zero-order valence-electron chi connectivity index (χ0n) is 34.9. The van der Waals surface area contributed by atoms with Gasteiger partial charge in [-0.3, -0.25) is 0 Å². The normalized spacial score (nSPS) is 11.4. The predicted octanol–water partition coefficient (Wildman–Crippen LogP) is 17.2. The van der Waals surface area contributed by atoms with E-state index in [1.54, 1.807) is 0 Å². The molecule has 4 nitrogen and oxygen atoms in total. The molecule has 4 heteroatoms. The van der Waals surface area contributed by atoms with E-state index in [1.165, 1.54) is 27.6 Å². The van der Waals surface area contributed by atoms with E-state index in [4.69, 9.17) is 4.42 Å².